The molecule has 4 heteroatoms. The van der Waals surface area contributed by atoms with Crippen LogP contribution in [-0.2, 0) is 11.2 Å². The van der Waals surface area contributed by atoms with Gasteiger partial charge in [-0.2, -0.15) is 0 Å². The smallest absolute Gasteiger partial charge is 0.233 e. The Morgan fingerprint density at radius 2 is 1.31 bits per heavy atom. The van der Waals surface area contributed by atoms with Gasteiger partial charge in [-0.3, -0.25) is 4.79 Å². The number of carbonyl (C=O) groups is 1. The van der Waals surface area contributed by atoms with Crippen LogP contribution in [0.5, 0.6) is 17.2 Å². The van der Waals surface area contributed by atoms with Gasteiger partial charge in [-0.05, 0) is 78.9 Å². The van der Waals surface area contributed by atoms with Crippen LogP contribution in [0.4, 0.5) is 5.69 Å². The van der Waals surface area contributed by atoms with Gasteiger partial charge in [0.1, 0.15) is 17.2 Å². The zero-order chi connectivity index (χ0) is 24.0. The van der Waals surface area contributed by atoms with Crippen molar-refractivity contribution in [3.8, 4) is 17.2 Å². The molecule has 0 unspecified atom stereocenters. The van der Waals surface area contributed by atoms with Crippen LogP contribution in [0.2, 0.25) is 0 Å². The van der Waals surface area contributed by atoms with E-state index in [0.29, 0.717) is 0 Å². The number of ether oxygens (including phenoxy) is 2. The molecule has 35 heavy (non-hydrogen) atoms. The van der Waals surface area contributed by atoms with E-state index in [4.69, 9.17) is 9.47 Å². The van der Waals surface area contributed by atoms with E-state index in [9.17, 15) is 4.79 Å². The lowest BCUT2D eigenvalue weighted by atomic mass is 9.78. The molecule has 0 radical (unpaired) electrons. The van der Waals surface area contributed by atoms with Crippen LogP contribution in [-0.4, -0.2) is 13.0 Å². The number of aryl methyl sites for hydroxylation is 1. The van der Waals surface area contributed by atoms with E-state index in [-0.39, 0.29) is 17.9 Å². The average Bonchev–Trinajstić information content (AvgIpc) is 2.91. The van der Waals surface area contributed by atoms with Gasteiger partial charge in [0.25, 0.3) is 0 Å². The quantitative estimate of drug-likeness (QED) is 0.246. The number of hydrogen-bond donors (Lipinski definition) is 0. The third-order valence-electron chi connectivity index (χ3n) is 6.59. The molecule has 0 bridgehead atoms. The fourth-order valence-electron chi connectivity index (χ4n) is 4.77. The first-order valence-electron chi connectivity index (χ1n) is 12.1. The summed E-state index contributed by atoms with van der Waals surface area (Å²) < 4.78 is 11.3. The maximum atomic E-state index is 13.3. The van der Waals surface area contributed by atoms with Crippen LogP contribution >= 0.6 is 0 Å². The van der Waals surface area contributed by atoms with Crippen molar-refractivity contribution in [3.05, 3.63) is 120 Å². The Bertz CT molecular complexity index is 1240. The minimum Gasteiger partial charge on any atom is -0.497 e. The number of benzene rings is 4. The van der Waals surface area contributed by atoms with E-state index < -0.39 is 0 Å². The van der Waals surface area contributed by atoms with E-state index >= 15 is 0 Å². The molecular formula is C31H29NO3. The lowest BCUT2D eigenvalue weighted by Gasteiger charge is -2.47. The second kappa shape index (κ2) is 10.5. The largest absolute Gasteiger partial charge is 0.497 e. The summed E-state index contributed by atoms with van der Waals surface area (Å²) in [5.41, 5.74) is 3.32. The Balaban J connectivity index is 1.35. The monoisotopic (exact) mass is 463 g/mol. The van der Waals surface area contributed by atoms with Crippen molar-refractivity contribution in [2.75, 3.05) is 12.0 Å². The molecule has 0 aliphatic carbocycles. The van der Waals surface area contributed by atoms with Crippen molar-refractivity contribution in [2.24, 2.45) is 5.92 Å². The maximum absolute atomic E-state index is 13.3. The van der Waals surface area contributed by atoms with E-state index in [1.165, 1.54) is 5.56 Å². The number of para-hydroxylation sites is 1. The SMILES string of the molecule is COc1ccc(N2C(=O)[C@H](CCCc3ccccc3)[C@H]2c2ccc(Oc3ccccc3)cc2)cc1. The summed E-state index contributed by atoms with van der Waals surface area (Å²) in [6.07, 6.45) is 2.81. The molecule has 5 rings (SSSR count). The number of methoxy groups -OCH3 is 1. The van der Waals surface area contributed by atoms with Gasteiger partial charge in [0, 0.05) is 5.69 Å². The standard InChI is InChI=1S/C31H29NO3/c1-34-26-21-17-25(18-22-26)32-30(29(31(32)33)14-8-11-23-9-4-2-5-10-23)24-15-19-28(20-16-24)35-27-12-6-3-7-13-27/h2-7,9-10,12-13,15-22,29-30H,8,11,14H2,1H3/t29-,30-/m1/s1. The Kier molecular flexibility index (Phi) is 6.80. The van der Waals surface area contributed by atoms with E-state index in [0.717, 1.165) is 47.8 Å². The Morgan fingerprint density at radius 3 is 1.97 bits per heavy atom. The molecule has 4 aromatic carbocycles. The normalized spacial score (nSPS) is 17.1. The highest BCUT2D eigenvalue weighted by molar-refractivity contribution is 6.03. The highest BCUT2D eigenvalue weighted by Crippen LogP contribution is 2.46. The average molecular weight is 464 g/mol. The zero-order valence-electron chi connectivity index (χ0n) is 19.8. The molecule has 0 aromatic heterocycles. The fourth-order valence-corrected chi connectivity index (χ4v) is 4.77. The van der Waals surface area contributed by atoms with Crippen LogP contribution in [0.3, 0.4) is 0 Å². The van der Waals surface area contributed by atoms with Crippen LogP contribution in [0.15, 0.2) is 109 Å². The highest BCUT2D eigenvalue weighted by Gasteiger charge is 2.48. The van der Waals surface area contributed by atoms with Gasteiger partial charge in [-0.1, -0.05) is 60.7 Å². The summed E-state index contributed by atoms with van der Waals surface area (Å²) in [6, 6.07) is 36.1. The van der Waals surface area contributed by atoms with Gasteiger partial charge in [0.05, 0.1) is 19.1 Å². The van der Waals surface area contributed by atoms with Crippen molar-refractivity contribution in [1.29, 1.82) is 0 Å². The third kappa shape index (κ3) is 5.07. The summed E-state index contributed by atoms with van der Waals surface area (Å²) in [5, 5.41) is 0. The predicted molar refractivity (Wildman–Crippen MR) is 139 cm³/mol. The van der Waals surface area contributed by atoms with E-state index in [1.54, 1.807) is 7.11 Å². The first-order chi connectivity index (χ1) is 17.2. The lowest BCUT2D eigenvalue weighted by Crippen LogP contribution is -2.55. The molecule has 1 fully saturated rings. The predicted octanol–water partition coefficient (Wildman–Crippen LogP) is 7.21. The van der Waals surface area contributed by atoms with Gasteiger partial charge in [0.2, 0.25) is 5.91 Å². The van der Waals surface area contributed by atoms with Crippen LogP contribution < -0.4 is 14.4 Å². The Labute approximate surface area is 206 Å². The van der Waals surface area contributed by atoms with Crippen molar-refractivity contribution < 1.29 is 14.3 Å². The number of amides is 1. The number of hydrogen-bond acceptors (Lipinski definition) is 3. The molecule has 2 atom stereocenters. The molecule has 4 nitrogen and oxygen atoms in total. The summed E-state index contributed by atoms with van der Waals surface area (Å²) in [6.45, 7) is 0. The van der Waals surface area contributed by atoms with E-state index in [1.807, 2.05) is 77.7 Å². The topological polar surface area (TPSA) is 38.8 Å². The van der Waals surface area contributed by atoms with Gasteiger partial charge in [-0.15, -0.1) is 0 Å². The lowest BCUT2D eigenvalue weighted by molar-refractivity contribution is -0.130. The van der Waals surface area contributed by atoms with Gasteiger partial charge in [0.15, 0.2) is 0 Å². The van der Waals surface area contributed by atoms with Crippen LogP contribution in [0, 0.1) is 5.92 Å². The molecule has 1 aliphatic heterocycles. The minimum absolute atomic E-state index is 0.00237. The van der Waals surface area contributed by atoms with Crippen molar-refractivity contribution in [1.82, 2.24) is 0 Å². The van der Waals surface area contributed by atoms with Gasteiger partial charge < -0.3 is 14.4 Å². The van der Waals surface area contributed by atoms with Crippen molar-refractivity contribution >= 4 is 11.6 Å². The fraction of sp³-hybridized carbons (Fsp3) is 0.194. The molecule has 0 spiro atoms. The van der Waals surface area contributed by atoms with Crippen molar-refractivity contribution in [3.63, 3.8) is 0 Å². The molecular weight excluding hydrogens is 434 g/mol. The number of rotatable bonds is 9. The van der Waals surface area contributed by atoms with Gasteiger partial charge >= 0.3 is 0 Å². The summed E-state index contributed by atoms with van der Waals surface area (Å²) in [4.78, 5) is 15.2. The molecule has 176 valence electrons. The minimum atomic E-state index is -0.0401. The third-order valence-corrected chi connectivity index (χ3v) is 6.59. The summed E-state index contributed by atoms with van der Waals surface area (Å²) in [7, 11) is 1.65. The van der Waals surface area contributed by atoms with Crippen molar-refractivity contribution in [2.45, 2.75) is 25.3 Å². The zero-order valence-corrected chi connectivity index (χ0v) is 19.8. The molecule has 1 amide bonds. The molecule has 0 N–H and O–H groups in total. The maximum Gasteiger partial charge on any atom is 0.233 e. The number of β-lactam (4-membered cyclic amide) rings is 1. The first kappa shape index (κ1) is 22.7. The molecule has 1 aliphatic rings. The van der Waals surface area contributed by atoms with E-state index in [2.05, 4.69) is 36.4 Å². The second-order valence-corrected chi connectivity index (χ2v) is 8.82. The summed E-state index contributed by atoms with van der Waals surface area (Å²) in [5.74, 6) is 2.50. The Hall–Kier alpha value is -4.05. The second-order valence-electron chi connectivity index (χ2n) is 8.82. The summed E-state index contributed by atoms with van der Waals surface area (Å²) >= 11 is 0. The van der Waals surface area contributed by atoms with Gasteiger partial charge in [-0.25, -0.2) is 0 Å². The molecule has 0 saturated carbocycles. The number of carbonyl (C=O) groups excluding carboxylic acids is 1. The van der Waals surface area contributed by atoms with Crippen LogP contribution in [0.1, 0.15) is 30.0 Å². The number of nitrogens with zero attached hydrogens (tertiary/aromatic N) is 1. The molecule has 1 saturated heterocycles. The first-order valence-corrected chi connectivity index (χ1v) is 12.1. The van der Waals surface area contributed by atoms with Crippen LogP contribution in [0.25, 0.3) is 0 Å². The highest BCUT2D eigenvalue weighted by atomic mass is 16.5. The molecule has 4 aromatic rings. The number of anilines is 1. The Morgan fingerprint density at radius 1 is 0.714 bits per heavy atom. The molecule has 1 heterocycles.